The molecule has 0 bridgehead atoms. The lowest BCUT2D eigenvalue weighted by molar-refractivity contribution is -0.117. The number of halogens is 2. The molecular formula is C18H14Cl2N2O. The van der Waals surface area contributed by atoms with Crippen molar-refractivity contribution in [2.45, 2.75) is 6.42 Å². The molecule has 0 N–H and O–H groups in total. The third-order valence-electron chi connectivity index (χ3n) is 3.60. The van der Waals surface area contributed by atoms with Gasteiger partial charge in [-0.05, 0) is 24.3 Å². The minimum Gasteiger partial charge on any atom is -0.306 e. The summed E-state index contributed by atoms with van der Waals surface area (Å²) in [6, 6.07) is 12.7. The van der Waals surface area contributed by atoms with E-state index in [0.29, 0.717) is 33.7 Å². The second kappa shape index (κ2) is 6.57. The molecule has 1 aliphatic heterocycles. The highest BCUT2D eigenvalue weighted by Crippen LogP contribution is 2.36. The molecule has 0 aliphatic carbocycles. The summed E-state index contributed by atoms with van der Waals surface area (Å²) in [5, 5.41) is 1.13. The quantitative estimate of drug-likeness (QED) is 0.718. The lowest BCUT2D eigenvalue weighted by Crippen LogP contribution is -2.31. The van der Waals surface area contributed by atoms with Crippen LogP contribution in [0.2, 0.25) is 10.0 Å². The van der Waals surface area contributed by atoms with Crippen LogP contribution < -0.4 is 4.90 Å². The van der Waals surface area contributed by atoms with Gasteiger partial charge in [-0.25, -0.2) is 0 Å². The highest BCUT2D eigenvalue weighted by molar-refractivity contribution is 6.35. The zero-order valence-electron chi connectivity index (χ0n) is 12.3. The number of anilines is 1. The van der Waals surface area contributed by atoms with Crippen LogP contribution in [0, 0.1) is 0 Å². The molecule has 0 radical (unpaired) electrons. The van der Waals surface area contributed by atoms with Crippen LogP contribution in [0.25, 0.3) is 0 Å². The Balaban J connectivity index is 2.16. The van der Waals surface area contributed by atoms with Gasteiger partial charge in [0.2, 0.25) is 5.91 Å². The third kappa shape index (κ3) is 3.16. The third-order valence-corrected chi connectivity index (χ3v) is 4.16. The summed E-state index contributed by atoms with van der Waals surface area (Å²) < 4.78 is 0. The predicted octanol–water partition coefficient (Wildman–Crippen LogP) is 5.04. The Kier molecular flexibility index (Phi) is 4.51. The second-order valence-electron chi connectivity index (χ2n) is 5.14. The summed E-state index contributed by atoms with van der Waals surface area (Å²) >= 11 is 12.4. The SMILES string of the molecule is C=CCN1C(=O)CC(c2ccccc2Cl)=Nc2ccc(Cl)cc21. The first-order valence-electron chi connectivity index (χ1n) is 7.13. The van der Waals surface area contributed by atoms with Gasteiger partial charge in [0.05, 0.1) is 23.5 Å². The van der Waals surface area contributed by atoms with E-state index in [4.69, 9.17) is 23.2 Å². The van der Waals surface area contributed by atoms with Crippen LogP contribution in [0.3, 0.4) is 0 Å². The van der Waals surface area contributed by atoms with E-state index in [0.717, 1.165) is 5.56 Å². The van der Waals surface area contributed by atoms with E-state index < -0.39 is 0 Å². The van der Waals surface area contributed by atoms with Crippen molar-refractivity contribution < 1.29 is 4.79 Å². The van der Waals surface area contributed by atoms with Gasteiger partial charge in [0, 0.05) is 22.2 Å². The fourth-order valence-corrected chi connectivity index (χ4v) is 2.96. The van der Waals surface area contributed by atoms with E-state index >= 15 is 0 Å². The first-order chi connectivity index (χ1) is 11.1. The molecule has 0 aromatic heterocycles. The maximum atomic E-state index is 12.7. The molecule has 116 valence electrons. The number of rotatable bonds is 3. The van der Waals surface area contributed by atoms with Gasteiger partial charge in [-0.3, -0.25) is 9.79 Å². The van der Waals surface area contributed by atoms with Crippen LogP contribution in [-0.2, 0) is 4.79 Å². The van der Waals surface area contributed by atoms with Gasteiger partial charge >= 0.3 is 0 Å². The van der Waals surface area contributed by atoms with Crippen molar-refractivity contribution in [1.29, 1.82) is 0 Å². The zero-order chi connectivity index (χ0) is 16.4. The number of benzene rings is 2. The number of amides is 1. The van der Waals surface area contributed by atoms with Gasteiger partial charge in [0.25, 0.3) is 0 Å². The molecule has 3 rings (SSSR count). The average molecular weight is 345 g/mol. The minimum atomic E-state index is -0.0652. The molecule has 5 heteroatoms. The van der Waals surface area contributed by atoms with Crippen molar-refractivity contribution in [2.75, 3.05) is 11.4 Å². The lowest BCUT2D eigenvalue weighted by atomic mass is 10.1. The summed E-state index contributed by atoms with van der Waals surface area (Å²) in [4.78, 5) is 19.0. The highest BCUT2D eigenvalue weighted by atomic mass is 35.5. The van der Waals surface area contributed by atoms with E-state index in [1.165, 1.54) is 0 Å². The number of hydrogen-bond donors (Lipinski definition) is 0. The summed E-state index contributed by atoms with van der Waals surface area (Å²) in [6.07, 6.45) is 1.85. The number of carbonyl (C=O) groups is 1. The molecule has 3 nitrogen and oxygen atoms in total. The van der Waals surface area contributed by atoms with Gasteiger partial charge < -0.3 is 4.90 Å². The maximum Gasteiger partial charge on any atom is 0.233 e. The molecule has 1 heterocycles. The normalized spacial score (nSPS) is 14.1. The fourth-order valence-electron chi connectivity index (χ4n) is 2.55. The molecule has 0 fully saturated rings. The fraction of sp³-hybridized carbons (Fsp3) is 0.111. The van der Waals surface area contributed by atoms with Crippen molar-refractivity contribution in [3.63, 3.8) is 0 Å². The van der Waals surface area contributed by atoms with E-state index in [1.54, 1.807) is 29.2 Å². The first kappa shape index (κ1) is 15.8. The number of fused-ring (bicyclic) bond motifs is 1. The molecule has 0 spiro atoms. The van der Waals surface area contributed by atoms with Crippen LogP contribution in [0.5, 0.6) is 0 Å². The Bertz CT molecular complexity index is 814. The minimum absolute atomic E-state index is 0.0652. The largest absolute Gasteiger partial charge is 0.306 e. The molecule has 0 saturated heterocycles. The number of aliphatic imine (C=N–C) groups is 1. The average Bonchev–Trinajstić information content (AvgIpc) is 2.66. The molecule has 1 aliphatic rings. The zero-order valence-corrected chi connectivity index (χ0v) is 13.8. The molecule has 23 heavy (non-hydrogen) atoms. The van der Waals surface area contributed by atoms with Gasteiger partial charge in [-0.15, -0.1) is 6.58 Å². The van der Waals surface area contributed by atoms with E-state index in [2.05, 4.69) is 11.6 Å². The standard InChI is InChI=1S/C18H14Cl2N2O/c1-2-9-22-17-10-12(19)7-8-15(17)21-16(11-18(22)23)13-5-3-4-6-14(13)20/h2-8,10H,1,9,11H2. The first-order valence-corrected chi connectivity index (χ1v) is 7.89. The molecule has 1 amide bonds. The van der Waals surface area contributed by atoms with Crippen molar-refractivity contribution in [3.8, 4) is 0 Å². The van der Waals surface area contributed by atoms with Crippen LogP contribution in [0.1, 0.15) is 12.0 Å². The van der Waals surface area contributed by atoms with E-state index in [-0.39, 0.29) is 12.3 Å². The smallest absolute Gasteiger partial charge is 0.233 e. The molecule has 0 unspecified atom stereocenters. The predicted molar refractivity (Wildman–Crippen MR) is 96.3 cm³/mol. The maximum absolute atomic E-state index is 12.7. The summed E-state index contributed by atoms with van der Waals surface area (Å²) in [6.45, 7) is 4.12. The Morgan fingerprint density at radius 2 is 2.00 bits per heavy atom. The van der Waals surface area contributed by atoms with Gasteiger partial charge in [-0.2, -0.15) is 0 Å². The summed E-state index contributed by atoms with van der Waals surface area (Å²) in [5.74, 6) is -0.0652. The molecule has 0 atom stereocenters. The summed E-state index contributed by atoms with van der Waals surface area (Å²) in [7, 11) is 0. The lowest BCUT2D eigenvalue weighted by Gasteiger charge is -2.20. The van der Waals surface area contributed by atoms with Crippen LogP contribution in [0.4, 0.5) is 11.4 Å². The molecule has 2 aromatic rings. The van der Waals surface area contributed by atoms with Crippen molar-refractivity contribution in [1.82, 2.24) is 0 Å². The Labute approximate surface area is 144 Å². The molecule has 2 aromatic carbocycles. The number of carbonyl (C=O) groups excluding carboxylic acids is 1. The van der Waals surface area contributed by atoms with Gasteiger partial charge in [0.15, 0.2) is 0 Å². The van der Waals surface area contributed by atoms with Gasteiger partial charge in [-0.1, -0.05) is 47.5 Å². The van der Waals surface area contributed by atoms with Crippen molar-refractivity contribution in [2.24, 2.45) is 4.99 Å². The Hall–Kier alpha value is -2.10. The van der Waals surface area contributed by atoms with Crippen LogP contribution in [-0.4, -0.2) is 18.2 Å². The molecule has 0 saturated carbocycles. The molecular weight excluding hydrogens is 331 g/mol. The van der Waals surface area contributed by atoms with E-state index in [1.807, 2.05) is 24.3 Å². The van der Waals surface area contributed by atoms with Crippen LogP contribution in [0.15, 0.2) is 60.1 Å². The topological polar surface area (TPSA) is 32.7 Å². The second-order valence-corrected chi connectivity index (χ2v) is 5.98. The van der Waals surface area contributed by atoms with Crippen molar-refractivity contribution >= 4 is 46.2 Å². The van der Waals surface area contributed by atoms with E-state index in [9.17, 15) is 4.79 Å². The number of nitrogens with zero attached hydrogens (tertiary/aromatic N) is 2. The Morgan fingerprint density at radius 3 is 2.74 bits per heavy atom. The highest BCUT2D eigenvalue weighted by Gasteiger charge is 2.25. The van der Waals surface area contributed by atoms with Crippen molar-refractivity contribution in [3.05, 3.63) is 70.7 Å². The monoisotopic (exact) mass is 344 g/mol. The van der Waals surface area contributed by atoms with Crippen LogP contribution >= 0.6 is 23.2 Å². The van der Waals surface area contributed by atoms with Gasteiger partial charge in [0.1, 0.15) is 0 Å². The Morgan fingerprint density at radius 1 is 1.22 bits per heavy atom. The number of hydrogen-bond acceptors (Lipinski definition) is 2. The summed E-state index contributed by atoms with van der Waals surface area (Å²) in [5.41, 5.74) is 2.79.